The number of para-hydroxylation sites is 1. The van der Waals surface area contributed by atoms with Crippen molar-refractivity contribution in [3.8, 4) is 5.75 Å². The molecule has 0 aliphatic rings. The molecule has 0 aliphatic carbocycles. The Bertz CT molecular complexity index is 1030. The Morgan fingerprint density at radius 1 is 1.23 bits per heavy atom. The first-order valence-corrected chi connectivity index (χ1v) is 8.62. The Hall–Kier alpha value is -2.79. The fraction of sp³-hybridized carbons (Fsp3) is 0.200. The van der Waals surface area contributed by atoms with E-state index in [0.29, 0.717) is 33.8 Å². The second-order valence-electron chi connectivity index (χ2n) is 5.80. The van der Waals surface area contributed by atoms with Crippen LogP contribution in [-0.2, 0) is 6.42 Å². The smallest absolute Gasteiger partial charge is 0.349 e. The van der Waals surface area contributed by atoms with Crippen LogP contribution >= 0.6 is 11.6 Å². The fourth-order valence-corrected chi connectivity index (χ4v) is 3.00. The molecule has 0 saturated heterocycles. The number of methoxy groups -OCH3 is 1. The van der Waals surface area contributed by atoms with Gasteiger partial charge in [-0.25, -0.2) is 4.79 Å². The monoisotopic (exact) mass is 371 g/mol. The van der Waals surface area contributed by atoms with E-state index in [0.717, 1.165) is 12.0 Å². The van der Waals surface area contributed by atoms with Gasteiger partial charge in [-0.3, -0.25) is 4.79 Å². The second kappa shape index (κ2) is 7.62. The molecule has 3 aromatic rings. The van der Waals surface area contributed by atoms with Crippen molar-refractivity contribution in [2.24, 2.45) is 0 Å². The number of carbonyl (C=O) groups excluding carboxylic acids is 1. The molecule has 1 aromatic heterocycles. The van der Waals surface area contributed by atoms with E-state index in [4.69, 9.17) is 20.8 Å². The molecule has 5 nitrogen and oxygen atoms in total. The number of rotatable bonds is 5. The highest BCUT2D eigenvalue weighted by atomic mass is 35.5. The molecular formula is C20H18ClNO4. The van der Waals surface area contributed by atoms with Crippen molar-refractivity contribution in [2.75, 3.05) is 12.4 Å². The minimum Gasteiger partial charge on any atom is -0.496 e. The fourth-order valence-electron chi connectivity index (χ4n) is 2.81. The lowest BCUT2D eigenvalue weighted by Crippen LogP contribution is -2.21. The average molecular weight is 372 g/mol. The average Bonchev–Trinajstić information content (AvgIpc) is 2.63. The van der Waals surface area contributed by atoms with E-state index in [1.807, 2.05) is 13.0 Å². The van der Waals surface area contributed by atoms with Crippen molar-refractivity contribution in [2.45, 2.75) is 19.8 Å². The Labute approximate surface area is 155 Å². The summed E-state index contributed by atoms with van der Waals surface area (Å²) in [5.41, 5.74) is 0.922. The van der Waals surface area contributed by atoms with E-state index in [1.54, 1.807) is 37.4 Å². The summed E-state index contributed by atoms with van der Waals surface area (Å²) in [5.74, 6) is 0.0948. The minimum absolute atomic E-state index is 0.0787. The van der Waals surface area contributed by atoms with Crippen LogP contribution in [-0.4, -0.2) is 13.0 Å². The van der Waals surface area contributed by atoms with E-state index >= 15 is 0 Å². The van der Waals surface area contributed by atoms with Crippen molar-refractivity contribution in [3.05, 3.63) is 69.0 Å². The minimum atomic E-state index is -0.701. The largest absolute Gasteiger partial charge is 0.496 e. The van der Waals surface area contributed by atoms with Crippen LogP contribution in [0, 0.1) is 0 Å². The first-order chi connectivity index (χ1) is 12.5. The first kappa shape index (κ1) is 18.0. The van der Waals surface area contributed by atoms with Crippen molar-refractivity contribution < 1.29 is 13.9 Å². The summed E-state index contributed by atoms with van der Waals surface area (Å²) in [6.45, 7) is 2.03. The molecule has 134 valence electrons. The Morgan fingerprint density at radius 2 is 2.00 bits per heavy atom. The third-order valence-corrected chi connectivity index (χ3v) is 4.38. The molecule has 0 saturated carbocycles. The molecule has 1 N–H and O–H groups in total. The number of halogens is 1. The highest BCUT2D eigenvalue weighted by Crippen LogP contribution is 2.29. The summed E-state index contributed by atoms with van der Waals surface area (Å²) in [4.78, 5) is 24.9. The lowest BCUT2D eigenvalue weighted by atomic mass is 10.0. The van der Waals surface area contributed by atoms with Crippen LogP contribution in [0.25, 0.3) is 11.0 Å². The highest BCUT2D eigenvalue weighted by molar-refractivity contribution is 6.33. The van der Waals surface area contributed by atoms with Crippen molar-refractivity contribution in [1.29, 1.82) is 0 Å². The molecular weight excluding hydrogens is 354 g/mol. The van der Waals surface area contributed by atoms with Crippen molar-refractivity contribution >= 4 is 34.2 Å². The van der Waals surface area contributed by atoms with Crippen LogP contribution in [0.1, 0.15) is 29.3 Å². The molecule has 0 bridgehead atoms. The van der Waals surface area contributed by atoms with Gasteiger partial charge in [0.05, 0.1) is 17.8 Å². The van der Waals surface area contributed by atoms with Gasteiger partial charge in [0.15, 0.2) is 0 Å². The molecule has 3 rings (SSSR count). The standard InChI is InChI=1S/C20H18ClNO4/c1-3-6-13-17(25-2)10-9-12-11-14(20(24)26-18(12)13)19(23)22-16-8-5-4-7-15(16)21/h4-5,7-11H,3,6H2,1-2H3,(H,22,23). The molecule has 6 heteroatoms. The molecule has 1 amide bonds. The summed E-state index contributed by atoms with van der Waals surface area (Å²) < 4.78 is 10.8. The zero-order valence-electron chi connectivity index (χ0n) is 14.5. The predicted octanol–water partition coefficient (Wildman–Crippen LogP) is 4.66. The normalized spacial score (nSPS) is 10.7. The maximum atomic E-state index is 12.5. The van der Waals surface area contributed by atoms with Crippen molar-refractivity contribution in [3.63, 3.8) is 0 Å². The maximum Gasteiger partial charge on any atom is 0.349 e. The number of ether oxygens (including phenoxy) is 1. The van der Waals surface area contributed by atoms with Gasteiger partial charge in [0.25, 0.3) is 5.91 Å². The number of hydrogen-bond donors (Lipinski definition) is 1. The lowest BCUT2D eigenvalue weighted by molar-refractivity contribution is 0.102. The summed E-state index contributed by atoms with van der Waals surface area (Å²) in [6.07, 6.45) is 1.57. The van der Waals surface area contributed by atoms with Gasteiger partial charge in [0, 0.05) is 10.9 Å². The predicted molar refractivity (Wildman–Crippen MR) is 102 cm³/mol. The van der Waals surface area contributed by atoms with E-state index < -0.39 is 11.5 Å². The van der Waals surface area contributed by atoms with Crippen LogP contribution in [0.3, 0.4) is 0 Å². The Kier molecular flexibility index (Phi) is 5.28. The molecule has 0 aliphatic heterocycles. The summed E-state index contributed by atoms with van der Waals surface area (Å²) in [6, 6.07) is 11.9. The van der Waals surface area contributed by atoms with Crippen LogP contribution in [0.15, 0.2) is 51.7 Å². The number of carbonyl (C=O) groups is 1. The van der Waals surface area contributed by atoms with Gasteiger partial charge >= 0.3 is 5.63 Å². The van der Waals surface area contributed by atoms with E-state index in [-0.39, 0.29) is 5.56 Å². The van der Waals surface area contributed by atoms with E-state index in [9.17, 15) is 9.59 Å². The molecule has 2 aromatic carbocycles. The van der Waals surface area contributed by atoms with Crippen molar-refractivity contribution in [1.82, 2.24) is 0 Å². The molecule has 26 heavy (non-hydrogen) atoms. The SMILES string of the molecule is CCCc1c(OC)ccc2cc(C(=O)Nc3ccccc3Cl)c(=O)oc12. The van der Waals surface area contributed by atoms with Crippen LogP contribution in [0.2, 0.25) is 5.02 Å². The van der Waals surface area contributed by atoms with Crippen LogP contribution in [0.5, 0.6) is 5.75 Å². The van der Waals surface area contributed by atoms with Crippen LogP contribution < -0.4 is 15.7 Å². The zero-order valence-corrected chi connectivity index (χ0v) is 15.2. The molecule has 0 radical (unpaired) electrons. The topological polar surface area (TPSA) is 68.5 Å². The van der Waals surface area contributed by atoms with Gasteiger partial charge in [-0.1, -0.05) is 37.1 Å². The number of amides is 1. The molecule has 1 heterocycles. The summed E-state index contributed by atoms with van der Waals surface area (Å²) in [7, 11) is 1.57. The molecule has 0 unspecified atom stereocenters. The van der Waals surface area contributed by atoms with Gasteiger partial charge in [0.1, 0.15) is 16.9 Å². The van der Waals surface area contributed by atoms with Crippen LogP contribution in [0.4, 0.5) is 5.69 Å². The van der Waals surface area contributed by atoms with Gasteiger partial charge in [-0.15, -0.1) is 0 Å². The molecule has 0 fully saturated rings. The van der Waals surface area contributed by atoms with Gasteiger partial charge in [-0.2, -0.15) is 0 Å². The van der Waals surface area contributed by atoms with Gasteiger partial charge in [-0.05, 0) is 36.8 Å². The Balaban J connectivity index is 2.05. The number of anilines is 1. The number of hydrogen-bond acceptors (Lipinski definition) is 4. The third-order valence-electron chi connectivity index (χ3n) is 4.05. The first-order valence-electron chi connectivity index (χ1n) is 8.24. The number of nitrogens with one attached hydrogen (secondary N) is 1. The molecule has 0 spiro atoms. The number of aryl methyl sites for hydroxylation is 1. The lowest BCUT2D eigenvalue weighted by Gasteiger charge is -2.11. The second-order valence-corrected chi connectivity index (χ2v) is 6.20. The molecule has 0 atom stereocenters. The van der Waals surface area contributed by atoms with E-state index in [1.165, 1.54) is 6.07 Å². The zero-order chi connectivity index (χ0) is 18.7. The third kappa shape index (κ3) is 3.44. The summed E-state index contributed by atoms with van der Waals surface area (Å²) >= 11 is 6.05. The number of fused-ring (bicyclic) bond motifs is 1. The van der Waals surface area contributed by atoms with Gasteiger partial charge < -0.3 is 14.5 Å². The maximum absolute atomic E-state index is 12.5. The number of benzene rings is 2. The summed E-state index contributed by atoms with van der Waals surface area (Å²) in [5, 5.41) is 3.69. The Morgan fingerprint density at radius 3 is 2.69 bits per heavy atom. The van der Waals surface area contributed by atoms with E-state index in [2.05, 4.69) is 5.32 Å². The van der Waals surface area contributed by atoms with Gasteiger partial charge in [0.2, 0.25) is 0 Å². The quantitative estimate of drug-likeness (QED) is 0.662. The highest BCUT2D eigenvalue weighted by Gasteiger charge is 2.18.